The lowest BCUT2D eigenvalue weighted by atomic mass is 10.0. The molecule has 0 bridgehead atoms. The molecular weight excluding hydrogens is 208 g/mol. The van der Waals surface area contributed by atoms with Gasteiger partial charge in [-0.05, 0) is 50.8 Å². The van der Waals surface area contributed by atoms with Gasteiger partial charge in [-0.25, -0.2) is 0 Å². The van der Waals surface area contributed by atoms with Crippen LogP contribution in [0.2, 0.25) is 0 Å². The van der Waals surface area contributed by atoms with Crippen LogP contribution in [0, 0.1) is 13.8 Å². The molecule has 0 spiro atoms. The van der Waals surface area contributed by atoms with Gasteiger partial charge in [-0.15, -0.1) is 0 Å². The van der Waals surface area contributed by atoms with Crippen LogP contribution < -0.4 is 5.73 Å². The van der Waals surface area contributed by atoms with E-state index in [0.717, 1.165) is 19.5 Å². The van der Waals surface area contributed by atoms with Crippen LogP contribution in [0.3, 0.4) is 0 Å². The average Bonchev–Trinajstić information content (AvgIpc) is 2.28. The molecular formula is C15H24N2. The zero-order chi connectivity index (χ0) is 12.3. The van der Waals surface area contributed by atoms with E-state index in [2.05, 4.69) is 36.9 Å². The van der Waals surface area contributed by atoms with Gasteiger partial charge < -0.3 is 10.6 Å². The minimum atomic E-state index is 0.392. The van der Waals surface area contributed by atoms with E-state index in [9.17, 15) is 0 Å². The van der Waals surface area contributed by atoms with Crippen molar-refractivity contribution in [3.05, 3.63) is 34.9 Å². The highest BCUT2D eigenvalue weighted by Gasteiger charge is 2.16. The fraction of sp³-hybridized carbons (Fsp3) is 0.600. The first kappa shape index (κ1) is 12.6. The fourth-order valence-electron chi connectivity index (χ4n) is 2.70. The van der Waals surface area contributed by atoms with Gasteiger partial charge in [-0.3, -0.25) is 0 Å². The number of benzene rings is 1. The molecule has 1 aliphatic rings. The van der Waals surface area contributed by atoms with Crippen molar-refractivity contribution in [1.82, 2.24) is 4.90 Å². The van der Waals surface area contributed by atoms with Crippen LogP contribution in [0.15, 0.2) is 18.2 Å². The van der Waals surface area contributed by atoms with Crippen LogP contribution in [0.1, 0.15) is 29.5 Å². The molecule has 1 aromatic carbocycles. The highest BCUT2D eigenvalue weighted by Crippen LogP contribution is 2.13. The summed E-state index contributed by atoms with van der Waals surface area (Å²) in [6.07, 6.45) is 3.60. The number of piperidine rings is 1. The Bertz CT molecular complexity index is 373. The number of rotatable bonds is 3. The number of hydrogen-bond acceptors (Lipinski definition) is 2. The highest BCUT2D eigenvalue weighted by atomic mass is 15.1. The van der Waals surface area contributed by atoms with Gasteiger partial charge in [-0.1, -0.05) is 23.8 Å². The summed E-state index contributed by atoms with van der Waals surface area (Å²) in [5.74, 6) is 0. The lowest BCUT2D eigenvalue weighted by Gasteiger charge is -2.30. The predicted molar refractivity (Wildman–Crippen MR) is 73.3 cm³/mol. The van der Waals surface area contributed by atoms with Gasteiger partial charge in [0, 0.05) is 19.1 Å². The van der Waals surface area contributed by atoms with Crippen LogP contribution in [0.5, 0.6) is 0 Å². The molecule has 1 fully saturated rings. The molecule has 0 aromatic heterocycles. The van der Waals surface area contributed by atoms with Crippen molar-refractivity contribution < 1.29 is 0 Å². The number of nitrogens with two attached hydrogens (primary N) is 1. The number of aryl methyl sites for hydroxylation is 2. The Morgan fingerprint density at radius 1 is 1.35 bits per heavy atom. The molecule has 2 nitrogen and oxygen atoms in total. The summed E-state index contributed by atoms with van der Waals surface area (Å²) < 4.78 is 0. The summed E-state index contributed by atoms with van der Waals surface area (Å²) in [4.78, 5) is 2.51. The molecule has 2 N–H and O–H groups in total. The quantitative estimate of drug-likeness (QED) is 0.866. The number of nitrogens with zero attached hydrogens (tertiary/aromatic N) is 1. The first-order valence-corrected chi connectivity index (χ1v) is 6.69. The van der Waals surface area contributed by atoms with E-state index in [0.29, 0.717) is 6.04 Å². The van der Waals surface area contributed by atoms with Gasteiger partial charge in [0.2, 0.25) is 0 Å². The third-order valence-corrected chi connectivity index (χ3v) is 3.74. The molecule has 17 heavy (non-hydrogen) atoms. The van der Waals surface area contributed by atoms with Gasteiger partial charge in [0.25, 0.3) is 0 Å². The largest absolute Gasteiger partial charge is 0.327 e. The molecule has 0 aliphatic carbocycles. The van der Waals surface area contributed by atoms with E-state index in [1.807, 2.05) is 0 Å². The van der Waals surface area contributed by atoms with Gasteiger partial charge in [0.05, 0.1) is 0 Å². The van der Waals surface area contributed by atoms with Crippen LogP contribution in [0.4, 0.5) is 0 Å². The highest BCUT2D eigenvalue weighted by molar-refractivity contribution is 5.30. The minimum absolute atomic E-state index is 0.392. The summed E-state index contributed by atoms with van der Waals surface area (Å²) in [5.41, 5.74) is 10.3. The Balaban J connectivity index is 1.88. The predicted octanol–water partition coefficient (Wildman–Crippen LogP) is 2.27. The van der Waals surface area contributed by atoms with E-state index in [-0.39, 0.29) is 0 Å². The van der Waals surface area contributed by atoms with Crippen LogP contribution in [-0.4, -0.2) is 30.6 Å². The maximum absolute atomic E-state index is 6.00. The van der Waals surface area contributed by atoms with E-state index in [1.54, 1.807) is 0 Å². The normalized spacial score (nSPS) is 21.7. The molecule has 0 radical (unpaired) electrons. The molecule has 0 saturated carbocycles. The SMILES string of the molecule is Cc1ccc(CCN2CCCC(N)C2)c(C)c1. The molecule has 94 valence electrons. The Morgan fingerprint density at radius 3 is 2.88 bits per heavy atom. The van der Waals surface area contributed by atoms with E-state index < -0.39 is 0 Å². The zero-order valence-corrected chi connectivity index (χ0v) is 11.1. The van der Waals surface area contributed by atoms with Crippen molar-refractivity contribution >= 4 is 0 Å². The van der Waals surface area contributed by atoms with Crippen LogP contribution in [-0.2, 0) is 6.42 Å². The maximum atomic E-state index is 6.00. The topological polar surface area (TPSA) is 29.3 Å². The molecule has 1 aliphatic heterocycles. The molecule has 1 atom stereocenters. The van der Waals surface area contributed by atoms with Gasteiger partial charge in [-0.2, -0.15) is 0 Å². The number of hydrogen-bond donors (Lipinski definition) is 1. The Morgan fingerprint density at radius 2 is 2.18 bits per heavy atom. The summed E-state index contributed by atoms with van der Waals surface area (Å²) in [5, 5.41) is 0. The second kappa shape index (κ2) is 5.65. The van der Waals surface area contributed by atoms with Crippen molar-refractivity contribution in [2.24, 2.45) is 5.73 Å². The summed E-state index contributed by atoms with van der Waals surface area (Å²) in [6.45, 7) is 7.81. The van der Waals surface area contributed by atoms with Crippen molar-refractivity contribution in [1.29, 1.82) is 0 Å². The zero-order valence-electron chi connectivity index (χ0n) is 11.1. The summed E-state index contributed by atoms with van der Waals surface area (Å²) >= 11 is 0. The Hall–Kier alpha value is -0.860. The first-order valence-electron chi connectivity index (χ1n) is 6.69. The lowest BCUT2D eigenvalue weighted by molar-refractivity contribution is 0.211. The molecule has 2 heteroatoms. The van der Waals surface area contributed by atoms with Crippen LogP contribution in [0.25, 0.3) is 0 Å². The Labute approximate surface area is 105 Å². The minimum Gasteiger partial charge on any atom is -0.327 e. The van der Waals surface area contributed by atoms with Crippen molar-refractivity contribution in [2.45, 2.75) is 39.2 Å². The molecule has 1 aromatic rings. The van der Waals surface area contributed by atoms with Gasteiger partial charge >= 0.3 is 0 Å². The van der Waals surface area contributed by atoms with E-state index >= 15 is 0 Å². The second-order valence-corrected chi connectivity index (χ2v) is 5.38. The van der Waals surface area contributed by atoms with Crippen LogP contribution >= 0.6 is 0 Å². The standard InChI is InChI=1S/C15H24N2/c1-12-5-6-14(13(2)10-12)7-9-17-8-3-4-15(16)11-17/h5-6,10,15H,3-4,7-9,11,16H2,1-2H3. The maximum Gasteiger partial charge on any atom is 0.0168 e. The van der Waals surface area contributed by atoms with E-state index in [4.69, 9.17) is 5.73 Å². The fourth-order valence-corrected chi connectivity index (χ4v) is 2.70. The molecule has 1 saturated heterocycles. The average molecular weight is 232 g/mol. The third kappa shape index (κ3) is 3.55. The van der Waals surface area contributed by atoms with Gasteiger partial charge in [0.15, 0.2) is 0 Å². The first-order chi connectivity index (χ1) is 8.15. The summed E-state index contributed by atoms with van der Waals surface area (Å²) in [7, 11) is 0. The molecule has 0 amide bonds. The molecule has 2 rings (SSSR count). The van der Waals surface area contributed by atoms with Crippen molar-refractivity contribution in [3.8, 4) is 0 Å². The third-order valence-electron chi connectivity index (χ3n) is 3.74. The van der Waals surface area contributed by atoms with Crippen molar-refractivity contribution in [3.63, 3.8) is 0 Å². The number of likely N-dealkylation sites (tertiary alicyclic amines) is 1. The smallest absolute Gasteiger partial charge is 0.0168 e. The second-order valence-electron chi connectivity index (χ2n) is 5.38. The molecule has 1 unspecified atom stereocenters. The monoisotopic (exact) mass is 232 g/mol. The van der Waals surface area contributed by atoms with Crippen molar-refractivity contribution in [2.75, 3.05) is 19.6 Å². The summed E-state index contributed by atoms with van der Waals surface area (Å²) in [6, 6.07) is 7.15. The van der Waals surface area contributed by atoms with E-state index in [1.165, 1.54) is 36.1 Å². The van der Waals surface area contributed by atoms with Gasteiger partial charge in [0.1, 0.15) is 0 Å². The lowest BCUT2D eigenvalue weighted by Crippen LogP contribution is -2.43. The molecule has 1 heterocycles. The Kier molecular flexibility index (Phi) is 4.19.